The Kier molecular flexibility index (Phi) is 9.30. The Balaban J connectivity index is 1.79. The molecule has 8 nitrogen and oxygen atoms in total. The van der Waals surface area contributed by atoms with Gasteiger partial charge in [-0.15, -0.1) is 0 Å². The number of hydrogen-bond donors (Lipinski definition) is 3. The van der Waals surface area contributed by atoms with Crippen molar-refractivity contribution in [2.75, 3.05) is 25.9 Å². The third-order valence-corrected chi connectivity index (χ3v) is 6.20. The second-order valence-electron chi connectivity index (χ2n) is 8.43. The number of nitrogens with two attached hydrogens (primary N) is 1. The van der Waals surface area contributed by atoms with Crippen LogP contribution in [0, 0.1) is 0 Å². The molecule has 4 N–H and O–H groups in total. The maximum absolute atomic E-state index is 12.7. The highest BCUT2D eigenvalue weighted by molar-refractivity contribution is 6.31. The summed E-state index contributed by atoms with van der Waals surface area (Å²) in [6.07, 6.45) is 5.53. The number of aliphatic carboxylic acids is 1. The molecule has 182 valence electrons. The van der Waals surface area contributed by atoms with Gasteiger partial charge in [-0.05, 0) is 42.7 Å². The molecule has 0 atom stereocenters. The Labute approximate surface area is 204 Å². The van der Waals surface area contributed by atoms with E-state index < -0.39 is 5.97 Å². The quantitative estimate of drug-likeness (QED) is 0.268. The van der Waals surface area contributed by atoms with Gasteiger partial charge < -0.3 is 25.9 Å². The van der Waals surface area contributed by atoms with E-state index in [9.17, 15) is 9.59 Å². The van der Waals surface area contributed by atoms with Gasteiger partial charge >= 0.3 is 5.97 Å². The Bertz CT molecular complexity index is 1040. The summed E-state index contributed by atoms with van der Waals surface area (Å²) < 4.78 is 0. The molecule has 2 aromatic carbocycles. The highest BCUT2D eigenvalue weighted by Crippen LogP contribution is 2.22. The first-order valence-electron chi connectivity index (χ1n) is 11.4. The zero-order valence-electron chi connectivity index (χ0n) is 19.3. The van der Waals surface area contributed by atoms with Gasteiger partial charge in [0.05, 0.1) is 6.54 Å². The van der Waals surface area contributed by atoms with Gasteiger partial charge in [0.1, 0.15) is 5.71 Å². The molecule has 0 spiro atoms. The maximum Gasteiger partial charge on any atom is 0.317 e. The normalized spacial score (nSPS) is 14.6. The molecule has 1 fully saturated rings. The summed E-state index contributed by atoms with van der Waals surface area (Å²) in [6.45, 7) is -0.0714. The number of carboxylic acids is 1. The van der Waals surface area contributed by atoms with Crippen LogP contribution in [0.2, 0.25) is 5.02 Å². The van der Waals surface area contributed by atoms with Gasteiger partial charge in [0.25, 0.3) is 5.91 Å². The highest BCUT2D eigenvalue weighted by Gasteiger charge is 2.22. The number of carbonyl (C=O) groups is 2. The number of anilines is 1. The Morgan fingerprint density at radius 3 is 2.62 bits per heavy atom. The zero-order chi connectivity index (χ0) is 24.5. The average molecular weight is 487 g/mol. The van der Waals surface area contributed by atoms with Crippen molar-refractivity contribution in [3.05, 3.63) is 64.2 Å². The molecular weight excluding hydrogens is 456 g/mol. The number of halogens is 1. The summed E-state index contributed by atoms with van der Waals surface area (Å²) in [6, 6.07) is 12.8. The van der Waals surface area contributed by atoms with E-state index in [1.807, 2.05) is 25.2 Å². The van der Waals surface area contributed by atoms with Crippen molar-refractivity contribution in [3.8, 4) is 0 Å². The average Bonchev–Trinajstić information content (AvgIpc) is 2.83. The molecule has 0 aliphatic heterocycles. The van der Waals surface area contributed by atoms with Gasteiger partial charge in [-0.3, -0.25) is 9.59 Å². The van der Waals surface area contributed by atoms with E-state index in [1.54, 1.807) is 29.2 Å². The van der Waals surface area contributed by atoms with Crippen molar-refractivity contribution in [2.45, 2.75) is 44.7 Å². The lowest BCUT2D eigenvalue weighted by Crippen LogP contribution is -2.40. The van der Waals surface area contributed by atoms with Crippen LogP contribution in [0.4, 0.5) is 5.69 Å². The summed E-state index contributed by atoms with van der Waals surface area (Å²) in [5.74, 6) is -1.07. The lowest BCUT2D eigenvalue weighted by molar-refractivity contribution is -0.137. The highest BCUT2D eigenvalue weighted by atomic mass is 35.5. The van der Waals surface area contributed by atoms with Crippen molar-refractivity contribution in [1.82, 2.24) is 10.2 Å². The third kappa shape index (κ3) is 7.20. The summed E-state index contributed by atoms with van der Waals surface area (Å²) in [5.41, 5.74) is 9.25. The van der Waals surface area contributed by atoms with E-state index >= 15 is 0 Å². The number of hydrogen-bond acceptors (Lipinski definition) is 6. The molecule has 1 amide bonds. The third-order valence-electron chi connectivity index (χ3n) is 5.97. The smallest absolute Gasteiger partial charge is 0.317 e. The first kappa shape index (κ1) is 25.5. The molecular formula is C25H31ClN4O4. The van der Waals surface area contributed by atoms with Crippen molar-refractivity contribution < 1.29 is 19.5 Å². The van der Waals surface area contributed by atoms with Crippen LogP contribution in [0.25, 0.3) is 0 Å². The Morgan fingerprint density at radius 2 is 1.91 bits per heavy atom. The first-order chi connectivity index (χ1) is 16.3. The number of benzene rings is 2. The SMILES string of the molecule is CN(C(=O)CO/N=C(/c1cccc(Cl)c1)c1ccc(N)c(CNCC(=O)O)c1)C1CCCCC1. The van der Waals surface area contributed by atoms with Crippen molar-refractivity contribution >= 4 is 34.9 Å². The summed E-state index contributed by atoms with van der Waals surface area (Å²) in [7, 11) is 1.82. The predicted octanol–water partition coefficient (Wildman–Crippen LogP) is 3.66. The van der Waals surface area contributed by atoms with Crippen molar-refractivity contribution in [2.24, 2.45) is 5.16 Å². The molecule has 0 aromatic heterocycles. The van der Waals surface area contributed by atoms with Gasteiger partial charge in [0.2, 0.25) is 0 Å². The number of carboxylic acid groups (broad SMARTS) is 1. The summed E-state index contributed by atoms with van der Waals surface area (Å²) >= 11 is 6.20. The van der Waals surface area contributed by atoms with E-state index in [0.717, 1.165) is 36.8 Å². The van der Waals surface area contributed by atoms with Gasteiger partial charge in [-0.2, -0.15) is 0 Å². The minimum absolute atomic E-state index is 0.114. The molecule has 9 heteroatoms. The molecule has 1 aliphatic carbocycles. The zero-order valence-corrected chi connectivity index (χ0v) is 20.1. The van der Waals surface area contributed by atoms with Crippen LogP contribution in [0.15, 0.2) is 47.6 Å². The van der Waals surface area contributed by atoms with E-state index in [0.29, 0.717) is 22.0 Å². The minimum Gasteiger partial charge on any atom is -0.480 e. The van der Waals surface area contributed by atoms with Crippen molar-refractivity contribution in [3.63, 3.8) is 0 Å². The fourth-order valence-electron chi connectivity index (χ4n) is 4.04. The number of oxime groups is 1. The van der Waals surface area contributed by atoms with Crippen LogP contribution in [0.5, 0.6) is 0 Å². The van der Waals surface area contributed by atoms with Gasteiger partial charge in [0.15, 0.2) is 6.61 Å². The maximum atomic E-state index is 12.7. The summed E-state index contributed by atoms with van der Waals surface area (Å²) in [4.78, 5) is 30.8. The van der Waals surface area contributed by atoms with Crippen LogP contribution in [-0.4, -0.2) is 53.8 Å². The predicted molar refractivity (Wildman–Crippen MR) is 133 cm³/mol. The molecule has 0 heterocycles. The first-order valence-corrected chi connectivity index (χ1v) is 11.8. The molecule has 0 saturated heterocycles. The molecule has 0 unspecified atom stereocenters. The van der Waals surface area contributed by atoms with Crippen LogP contribution in [0.1, 0.15) is 48.8 Å². The number of carbonyl (C=O) groups excluding carboxylic acids is 1. The minimum atomic E-state index is -0.952. The summed E-state index contributed by atoms with van der Waals surface area (Å²) in [5, 5.41) is 16.6. The standard InChI is InChI=1S/C25H31ClN4O4/c1-30(21-8-3-2-4-9-21)23(31)16-34-29-25(17-6-5-7-20(26)13-17)18-10-11-22(27)19(12-18)14-28-15-24(32)33/h5-7,10-13,21,28H,2-4,8-9,14-16,27H2,1H3,(H,32,33)/b29-25-. The topological polar surface area (TPSA) is 117 Å². The van der Waals surface area contributed by atoms with Gasteiger partial charge in [-0.25, -0.2) is 0 Å². The van der Waals surface area contributed by atoms with Crippen LogP contribution in [-0.2, 0) is 21.0 Å². The number of nitrogens with one attached hydrogen (secondary N) is 1. The van der Waals surface area contributed by atoms with Crippen molar-refractivity contribution in [1.29, 1.82) is 0 Å². The van der Waals surface area contributed by atoms with E-state index in [-0.39, 0.29) is 31.6 Å². The number of rotatable bonds is 10. The molecule has 3 rings (SSSR count). The molecule has 34 heavy (non-hydrogen) atoms. The van der Waals surface area contributed by atoms with E-state index in [4.69, 9.17) is 27.3 Å². The van der Waals surface area contributed by atoms with E-state index in [1.165, 1.54) is 6.42 Å². The van der Waals surface area contributed by atoms with Crippen LogP contribution < -0.4 is 11.1 Å². The lowest BCUT2D eigenvalue weighted by atomic mass is 9.94. The number of amides is 1. The molecule has 1 saturated carbocycles. The fourth-order valence-corrected chi connectivity index (χ4v) is 4.23. The monoisotopic (exact) mass is 486 g/mol. The number of likely N-dealkylation sites (N-methyl/N-ethyl adjacent to an activating group) is 1. The molecule has 2 aromatic rings. The van der Waals surface area contributed by atoms with Crippen LogP contribution in [0.3, 0.4) is 0 Å². The second kappa shape index (κ2) is 12.4. The largest absolute Gasteiger partial charge is 0.480 e. The molecule has 0 radical (unpaired) electrons. The second-order valence-corrected chi connectivity index (χ2v) is 8.87. The van der Waals surface area contributed by atoms with Gasteiger partial charge in [0, 0.05) is 41.5 Å². The number of nitrogen functional groups attached to an aromatic ring is 1. The van der Waals surface area contributed by atoms with Gasteiger partial charge in [-0.1, -0.05) is 54.2 Å². The Hall–Kier alpha value is -3.10. The van der Waals surface area contributed by atoms with E-state index in [2.05, 4.69) is 10.5 Å². The molecule has 1 aliphatic rings. The Morgan fingerprint density at radius 1 is 1.18 bits per heavy atom. The number of nitrogens with zero attached hydrogens (tertiary/aromatic N) is 2. The fraction of sp³-hybridized carbons (Fsp3) is 0.400. The van der Waals surface area contributed by atoms with Crippen LogP contribution >= 0.6 is 11.6 Å². The lowest BCUT2D eigenvalue weighted by Gasteiger charge is -2.30. The molecule has 0 bridgehead atoms.